The summed E-state index contributed by atoms with van der Waals surface area (Å²) in [4.78, 5) is 24.1. The summed E-state index contributed by atoms with van der Waals surface area (Å²) in [5.41, 5.74) is 4.86. The Morgan fingerprint density at radius 3 is 0.926 bits per heavy atom. The van der Waals surface area contributed by atoms with E-state index >= 15 is 0 Å². The molecule has 0 spiro atoms. The van der Waals surface area contributed by atoms with Crippen LogP contribution in [-0.2, 0) is 0 Å². The average molecular weight is 739 g/mol. The van der Waals surface area contributed by atoms with Crippen LogP contribution in [0.25, 0.3) is 24.3 Å². The molecule has 0 amide bonds. The number of rotatable bonds is 30. The highest BCUT2D eigenvalue weighted by atomic mass is 16.5. The normalized spacial score (nSPS) is 11.3. The van der Waals surface area contributed by atoms with Crippen molar-refractivity contribution in [3.63, 3.8) is 0 Å². The lowest BCUT2D eigenvalue weighted by Crippen LogP contribution is -2.04. The van der Waals surface area contributed by atoms with Gasteiger partial charge in [-0.2, -0.15) is 0 Å². The topological polar surface area (TPSA) is 71.1 Å². The van der Waals surface area contributed by atoms with Crippen molar-refractivity contribution in [1.82, 2.24) is 0 Å². The van der Waals surface area contributed by atoms with Crippen molar-refractivity contribution >= 4 is 36.9 Å². The number of aldehydes is 2. The molecule has 0 aromatic heterocycles. The predicted molar refractivity (Wildman–Crippen MR) is 227 cm³/mol. The lowest BCUT2D eigenvalue weighted by Gasteiger charge is -2.14. The fourth-order valence-corrected chi connectivity index (χ4v) is 6.06. The third-order valence-corrected chi connectivity index (χ3v) is 9.41. The maximum atomic E-state index is 12.0. The first-order valence-electron chi connectivity index (χ1n) is 20.8. The van der Waals surface area contributed by atoms with Gasteiger partial charge in [0.05, 0.1) is 37.6 Å². The van der Waals surface area contributed by atoms with E-state index in [2.05, 4.69) is 64.1 Å². The molecule has 0 aliphatic carbocycles. The van der Waals surface area contributed by atoms with Crippen LogP contribution >= 0.6 is 0 Å². The van der Waals surface area contributed by atoms with Gasteiger partial charge in [0.2, 0.25) is 0 Å². The molecule has 0 N–H and O–H groups in total. The van der Waals surface area contributed by atoms with Gasteiger partial charge in [-0.15, -0.1) is 0 Å². The molecule has 3 rings (SSSR count). The first-order chi connectivity index (χ1) is 26.6. The molecule has 54 heavy (non-hydrogen) atoms. The van der Waals surface area contributed by atoms with Crippen molar-refractivity contribution in [3.05, 3.63) is 81.9 Å². The zero-order valence-corrected chi connectivity index (χ0v) is 33.7. The van der Waals surface area contributed by atoms with Gasteiger partial charge in [0.25, 0.3) is 0 Å². The highest BCUT2D eigenvalue weighted by molar-refractivity contribution is 5.85. The molecule has 294 valence electrons. The fourth-order valence-electron chi connectivity index (χ4n) is 6.06. The van der Waals surface area contributed by atoms with Crippen molar-refractivity contribution in [2.75, 3.05) is 26.4 Å². The summed E-state index contributed by atoms with van der Waals surface area (Å²) in [5, 5.41) is 0. The maximum absolute atomic E-state index is 12.0. The van der Waals surface area contributed by atoms with Gasteiger partial charge in [0.15, 0.2) is 12.6 Å². The van der Waals surface area contributed by atoms with Gasteiger partial charge in [-0.05, 0) is 61.1 Å². The Morgan fingerprint density at radius 2 is 0.648 bits per heavy atom. The van der Waals surface area contributed by atoms with Crippen LogP contribution in [-0.4, -0.2) is 39.0 Å². The van der Waals surface area contributed by atoms with E-state index in [9.17, 15) is 9.59 Å². The SMILES string of the molecule is CCCCCCOc1cc(C=Cc2ccc(C=Cc3cc(OCCCCCC)c(C=O)cc3OCCCCCC)cc2)c(OCCCCCC)cc1C=O. The second-order valence-electron chi connectivity index (χ2n) is 14.1. The van der Waals surface area contributed by atoms with Crippen LogP contribution in [0.2, 0.25) is 0 Å². The van der Waals surface area contributed by atoms with Gasteiger partial charge in [0, 0.05) is 11.1 Å². The Kier molecular flexibility index (Phi) is 22.3. The monoisotopic (exact) mass is 738 g/mol. The van der Waals surface area contributed by atoms with Crippen molar-refractivity contribution < 1.29 is 28.5 Å². The molecular formula is C48H66O6. The standard InChI is InChI=1S/C48H66O6/c1-5-9-13-17-29-51-45-35-43(37-49)47(53-31-19-15-11-7-3)33-41(45)27-25-39-21-23-40(24-22-39)26-28-42-34-48(54-32-20-16-12-8-4)44(38-50)36-46(42)52-30-18-14-10-6-2/h21-28,33-38H,5-20,29-32H2,1-4H3. The number of ether oxygens (including phenoxy) is 4. The maximum Gasteiger partial charge on any atom is 0.153 e. The van der Waals surface area contributed by atoms with E-state index in [0.29, 0.717) is 60.6 Å². The van der Waals surface area contributed by atoms with E-state index in [1.807, 2.05) is 36.4 Å². The molecule has 0 saturated carbocycles. The van der Waals surface area contributed by atoms with Crippen LogP contribution in [0.3, 0.4) is 0 Å². The summed E-state index contributed by atoms with van der Waals surface area (Å²) in [5.74, 6) is 2.57. The molecule has 6 nitrogen and oxygen atoms in total. The minimum Gasteiger partial charge on any atom is -0.493 e. The molecular weight excluding hydrogens is 673 g/mol. The Balaban J connectivity index is 1.81. The number of carbonyl (C=O) groups excluding carboxylic acids is 2. The van der Waals surface area contributed by atoms with E-state index in [0.717, 1.165) is 99.0 Å². The van der Waals surface area contributed by atoms with Crippen molar-refractivity contribution in [2.45, 2.75) is 130 Å². The lowest BCUT2D eigenvalue weighted by molar-refractivity contribution is 0.111. The smallest absolute Gasteiger partial charge is 0.153 e. The Labute approximate surface area is 326 Å². The number of benzene rings is 3. The summed E-state index contributed by atoms with van der Waals surface area (Å²) in [7, 11) is 0. The second kappa shape index (κ2) is 27.3. The number of hydrogen-bond acceptors (Lipinski definition) is 6. The molecule has 0 radical (unpaired) electrons. The molecule has 0 fully saturated rings. The quantitative estimate of drug-likeness (QED) is 0.0385. The third-order valence-electron chi connectivity index (χ3n) is 9.41. The van der Waals surface area contributed by atoms with Gasteiger partial charge in [0.1, 0.15) is 23.0 Å². The van der Waals surface area contributed by atoms with Gasteiger partial charge >= 0.3 is 0 Å². The minimum atomic E-state index is 0.513. The Bertz CT molecular complexity index is 1440. The van der Waals surface area contributed by atoms with Crippen LogP contribution < -0.4 is 18.9 Å². The van der Waals surface area contributed by atoms with E-state index in [1.54, 1.807) is 0 Å². The van der Waals surface area contributed by atoms with Crippen molar-refractivity contribution in [2.24, 2.45) is 0 Å². The number of unbranched alkanes of at least 4 members (excludes halogenated alkanes) is 12. The van der Waals surface area contributed by atoms with Crippen LogP contribution in [0.4, 0.5) is 0 Å². The molecule has 0 heterocycles. The molecule has 0 aliphatic rings. The van der Waals surface area contributed by atoms with Gasteiger partial charge < -0.3 is 18.9 Å². The molecule has 0 aliphatic heterocycles. The van der Waals surface area contributed by atoms with Gasteiger partial charge in [-0.1, -0.05) is 153 Å². The zero-order valence-electron chi connectivity index (χ0n) is 33.7. The predicted octanol–water partition coefficient (Wildman–Crippen LogP) is 13.5. The first-order valence-corrected chi connectivity index (χ1v) is 20.8. The summed E-state index contributed by atoms with van der Waals surface area (Å²) >= 11 is 0. The molecule has 0 unspecified atom stereocenters. The number of hydrogen-bond donors (Lipinski definition) is 0. The average Bonchev–Trinajstić information content (AvgIpc) is 3.19. The third kappa shape index (κ3) is 16.4. The van der Waals surface area contributed by atoms with Crippen molar-refractivity contribution in [3.8, 4) is 23.0 Å². The largest absolute Gasteiger partial charge is 0.493 e. The number of carbonyl (C=O) groups is 2. The fraction of sp³-hybridized carbons (Fsp3) is 0.500. The summed E-state index contributed by atoms with van der Waals surface area (Å²) in [6.07, 6.45) is 27.6. The van der Waals surface area contributed by atoms with E-state index in [4.69, 9.17) is 18.9 Å². The lowest BCUT2D eigenvalue weighted by atomic mass is 10.0. The minimum absolute atomic E-state index is 0.513. The summed E-state index contributed by atoms with van der Waals surface area (Å²) < 4.78 is 24.6. The van der Waals surface area contributed by atoms with Crippen LogP contribution in [0.5, 0.6) is 23.0 Å². The van der Waals surface area contributed by atoms with Crippen molar-refractivity contribution in [1.29, 1.82) is 0 Å². The zero-order chi connectivity index (χ0) is 38.6. The molecule has 0 atom stereocenters. The van der Waals surface area contributed by atoms with E-state index in [1.165, 1.54) is 38.5 Å². The summed E-state index contributed by atoms with van der Waals surface area (Å²) in [6.45, 7) is 11.1. The van der Waals surface area contributed by atoms with Crippen LogP contribution in [0, 0.1) is 0 Å². The van der Waals surface area contributed by atoms with Gasteiger partial charge in [-0.3, -0.25) is 9.59 Å². The molecule has 6 heteroatoms. The second-order valence-corrected chi connectivity index (χ2v) is 14.1. The van der Waals surface area contributed by atoms with Gasteiger partial charge in [-0.25, -0.2) is 0 Å². The Hall–Kier alpha value is -4.32. The van der Waals surface area contributed by atoms with E-state index < -0.39 is 0 Å². The van der Waals surface area contributed by atoms with Crippen LogP contribution in [0.1, 0.15) is 173 Å². The molecule has 3 aromatic rings. The first kappa shape index (κ1) is 44.1. The van der Waals surface area contributed by atoms with E-state index in [-0.39, 0.29) is 0 Å². The molecule has 0 saturated heterocycles. The van der Waals surface area contributed by atoms with Crippen LogP contribution in [0.15, 0.2) is 48.5 Å². The molecule has 3 aromatic carbocycles. The highest BCUT2D eigenvalue weighted by Crippen LogP contribution is 2.32. The summed E-state index contributed by atoms with van der Waals surface area (Å²) in [6, 6.07) is 15.8. The molecule has 0 bridgehead atoms. The highest BCUT2D eigenvalue weighted by Gasteiger charge is 2.13. The Morgan fingerprint density at radius 1 is 0.370 bits per heavy atom.